The molecule has 15 heavy (non-hydrogen) atoms. The van der Waals surface area contributed by atoms with Crippen molar-refractivity contribution in [3.05, 3.63) is 0 Å². The van der Waals surface area contributed by atoms with Gasteiger partial charge >= 0.3 is 0 Å². The lowest BCUT2D eigenvalue weighted by atomic mass is 9.87. The van der Waals surface area contributed by atoms with Gasteiger partial charge in [0.05, 0.1) is 19.7 Å². The molecule has 1 rings (SSSR count). The van der Waals surface area contributed by atoms with Gasteiger partial charge < -0.3 is 14.6 Å². The summed E-state index contributed by atoms with van der Waals surface area (Å²) in [4.78, 5) is 2.25. The summed E-state index contributed by atoms with van der Waals surface area (Å²) in [6.45, 7) is 5.90. The molecule has 0 unspecified atom stereocenters. The molecule has 4 nitrogen and oxygen atoms in total. The molecular formula is C11H23NO3. The number of aliphatic hydroxyl groups excluding tert-OH is 1. The number of likely N-dealkylation sites (tertiary alicyclic amines) is 1. The lowest BCUT2D eigenvalue weighted by molar-refractivity contribution is -0.295. The van der Waals surface area contributed by atoms with Gasteiger partial charge in [-0.15, -0.1) is 0 Å². The average molecular weight is 217 g/mol. The van der Waals surface area contributed by atoms with Crippen LogP contribution in [0, 0.1) is 0 Å². The van der Waals surface area contributed by atoms with Crippen LogP contribution in [0.15, 0.2) is 0 Å². The van der Waals surface area contributed by atoms with E-state index in [0.29, 0.717) is 0 Å². The van der Waals surface area contributed by atoms with E-state index in [4.69, 9.17) is 9.47 Å². The van der Waals surface area contributed by atoms with Crippen LogP contribution >= 0.6 is 0 Å². The molecule has 0 aromatic carbocycles. The van der Waals surface area contributed by atoms with E-state index in [1.807, 2.05) is 0 Å². The number of nitrogens with zero attached hydrogens (tertiary/aromatic N) is 1. The molecule has 0 amide bonds. The minimum atomic E-state index is -0.454. The predicted molar refractivity (Wildman–Crippen MR) is 58.7 cm³/mol. The van der Waals surface area contributed by atoms with E-state index in [2.05, 4.69) is 18.7 Å². The monoisotopic (exact) mass is 217 g/mol. The van der Waals surface area contributed by atoms with Crippen molar-refractivity contribution in [3.63, 3.8) is 0 Å². The zero-order valence-electron chi connectivity index (χ0n) is 10.2. The van der Waals surface area contributed by atoms with Crippen molar-refractivity contribution < 1.29 is 14.6 Å². The van der Waals surface area contributed by atoms with Crippen LogP contribution in [-0.2, 0) is 9.47 Å². The fraction of sp³-hybridized carbons (Fsp3) is 1.00. The van der Waals surface area contributed by atoms with Crippen LogP contribution in [0.2, 0.25) is 0 Å². The van der Waals surface area contributed by atoms with Crippen molar-refractivity contribution in [3.8, 4) is 0 Å². The third-order valence-electron chi connectivity index (χ3n) is 3.89. The zero-order valence-corrected chi connectivity index (χ0v) is 10.2. The summed E-state index contributed by atoms with van der Waals surface area (Å²) in [6, 6.07) is 0. The van der Waals surface area contributed by atoms with E-state index in [9.17, 15) is 5.11 Å². The zero-order chi connectivity index (χ0) is 11.5. The Kier molecular flexibility index (Phi) is 4.12. The lowest BCUT2D eigenvalue weighted by Gasteiger charge is -2.55. The molecule has 1 N–H and O–H groups in total. The topological polar surface area (TPSA) is 41.9 Å². The summed E-state index contributed by atoms with van der Waals surface area (Å²) in [5.41, 5.74) is -0.0967. The second-order valence-electron chi connectivity index (χ2n) is 4.26. The average Bonchev–Trinajstić information content (AvgIpc) is 2.24. The number of rotatable bonds is 6. The Morgan fingerprint density at radius 2 is 1.67 bits per heavy atom. The largest absolute Gasteiger partial charge is 0.394 e. The summed E-state index contributed by atoms with van der Waals surface area (Å²) in [5.74, 6) is -0.454. The molecule has 1 heterocycles. The first-order valence-corrected chi connectivity index (χ1v) is 5.58. The van der Waals surface area contributed by atoms with Crippen molar-refractivity contribution in [2.24, 2.45) is 0 Å². The molecule has 90 valence electrons. The highest BCUT2D eigenvalue weighted by Gasteiger charge is 2.51. The molecule has 1 aliphatic heterocycles. The van der Waals surface area contributed by atoms with Crippen LogP contribution < -0.4 is 0 Å². The van der Waals surface area contributed by atoms with Gasteiger partial charge in [0, 0.05) is 19.8 Å². The van der Waals surface area contributed by atoms with Gasteiger partial charge in [-0.2, -0.15) is 0 Å². The SMILES string of the molecule is CCC(CC)(CO)N1CC(OC)(OC)C1. The molecule has 0 aliphatic carbocycles. The van der Waals surface area contributed by atoms with Crippen molar-refractivity contribution in [1.29, 1.82) is 0 Å². The Morgan fingerprint density at radius 3 is 1.93 bits per heavy atom. The maximum atomic E-state index is 9.50. The van der Waals surface area contributed by atoms with Crippen molar-refractivity contribution >= 4 is 0 Å². The first kappa shape index (κ1) is 12.9. The highest BCUT2D eigenvalue weighted by Crippen LogP contribution is 2.35. The standard InChI is InChI=1S/C11H23NO3/c1-5-10(6-2,9-13)12-7-11(8-12,14-3)15-4/h13H,5-9H2,1-4H3. The summed E-state index contributed by atoms with van der Waals surface area (Å²) in [7, 11) is 3.33. The molecule has 0 aromatic heterocycles. The minimum absolute atomic E-state index is 0.0967. The van der Waals surface area contributed by atoms with E-state index in [-0.39, 0.29) is 12.1 Å². The molecule has 0 aromatic rings. The van der Waals surface area contributed by atoms with Crippen LogP contribution in [0.25, 0.3) is 0 Å². The normalized spacial score (nSPS) is 21.4. The van der Waals surface area contributed by atoms with Crippen LogP contribution in [0.1, 0.15) is 26.7 Å². The molecule has 1 aliphatic rings. The highest BCUT2D eigenvalue weighted by molar-refractivity contribution is 5.00. The number of hydrogen-bond donors (Lipinski definition) is 1. The number of ether oxygens (including phenoxy) is 2. The first-order valence-electron chi connectivity index (χ1n) is 5.58. The molecule has 1 fully saturated rings. The van der Waals surface area contributed by atoms with Crippen LogP contribution in [0.3, 0.4) is 0 Å². The molecule has 0 radical (unpaired) electrons. The minimum Gasteiger partial charge on any atom is -0.394 e. The van der Waals surface area contributed by atoms with E-state index >= 15 is 0 Å². The van der Waals surface area contributed by atoms with Gasteiger partial charge in [-0.05, 0) is 12.8 Å². The van der Waals surface area contributed by atoms with Crippen molar-refractivity contribution in [2.75, 3.05) is 33.9 Å². The van der Waals surface area contributed by atoms with Gasteiger partial charge in [0.1, 0.15) is 0 Å². The van der Waals surface area contributed by atoms with E-state index in [1.165, 1.54) is 0 Å². The maximum absolute atomic E-state index is 9.50. The summed E-state index contributed by atoms with van der Waals surface area (Å²) in [6.07, 6.45) is 1.90. The molecule has 4 heteroatoms. The molecule has 0 bridgehead atoms. The summed E-state index contributed by atoms with van der Waals surface area (Å²) < 4.78 is 10.7. The molecule has 0 saturated carbocycles. The van der Waals surface area contributed by atoms with Crippen LogP contribution in [0.4, 0.5) is 0 Å². The molecule has 0 atom stereocenters. The van der Waals surface area contributed by atoms with Gasteiger partial charge in [0.25, 0.3) is 0 Å². The van der Waals surface area contributed by atoms with Gasteiger partial charge in [-0.1, -0.05) is 13.8 Å². The Bertz CT molecular complexity index is 184. The number of hydrogen-bond acceptors (Lipinski definition) is 4. The molecule has 1 saturated heterocycles. The third kappa shape index (κ3) is 2.04. The molecular weight excluding hydrogens is 194 g/mol. The fourth-order valence-electron chi connectivity index (χ4n) is 2.23. The van der Waals surface area contributed by atoms with Gasteiger partial charge in [-0.3, -0.25) is 4.90 Å². The smallest absolute Gasteiger partial charge is 0.193 e. The summed E-state index contributed by atoms with van der Waals surface area (Å²) >= 11 is 0. The van der Waals surface area contributed by atoms with E-state index in [1.54, 1.807) is 14.2 Å². The van der Waals surface area contributed by atoms with E-state index < -0.39 is 5.79 Å². The Balaban J connectivity index is 2.62. The predicted octanol–water partition coefficient (Wildman–Crippen LogP) is 0.842. The van der Waals surface area contributed by atoms with Crippen molar-refractivity contribution in [1.82, 2.24) is 4.90 Å². The second-order valence-corrected chi connectivity index (χ2v) is 4.26. The highest BCUT2D eigenvalue weighted by atomic mass is 16.7. The Labute approximate surface area is 92.2 Å². The van der Waals surface area contributed by atoms with Crippen LogP contribution in [0.5, 0.6) is 0 Å². The number of methoxy groups -OCH3 is 2. The van der Waals surface area contributed by atoms with Gasteiger partial charge in [0.2, 0.25) is 0 Å². The second kappa shape index (κ2) is 4.78. The Hall–Kier alpha value is -0.160. The van der Waals surface area contributed by atoms with E-state index in [0.717, 1.165) is 25.9 Å². The first-order chi connectivity index (χ1) is 7.12. The molecule has 0 spiro atoms. The van der Waals surface area contributed by atoms with Crippen LogP contribution in [-0.4, -0.2) is 55.2 Å². The lowest BCUT2D eigenvalue weighted by Crippen LogP contribution is -2.71. The Morgan fingerprint density at radius 1 is 1.20 bits per heavy atom. The quantitative estimate of drug-likeness (QED) is 0.670. The number of aliphatic hydroxyl groups is 1. The van der Waals surface area contributed by atoms with Gasteiger partial charge in [-0.25, -0.2) is 0 Å². The third-order valence-corrected chi connectivity index (χ3v) is 3.89. The fourth-order valence-corrected chi connectivity index (χ4v) is 2.23. The maximum Gasteiger partial charge on any atom is 0.193 e. The van der Waals surface area contributed by atoms with Crippen molar-refractivity contribution in [2.45, 2.75) is 38.0 Å². The summed E-state index contributed by atoms with van der Waals surface area (Å²) in [5, 5.41) is 9.50. The van der Waals surface area contributed by atoms with Gasteiger partial charge in [0.15, 0.2) is 5.79 Å².